The molecule has 1 saturated heterocycles. The lowest BCUT2D eigenvalue weighted by atomic mass is 10.1. The van der Waals surface area contributed by atoms with Gasteiger partial charge in [0.1, 0.15) is 5.69 Å². The second-order valence-electron chi connectivity index (χ2n) is 4.55. The molecule has 0 aliphatic carbocycles. The molecule has 0 radical (unpaired) electrons. The molecule has 0 saturated carbocycles. The van der Waals surface area contributed by atoms with Gasteiger partial charge in [0.05, 0.1) is 4.92 Å². The lowest BCUT2D eigenvalue weighted by Gasteiger charge is -2.12. The Morgan fingerprint density at radius 2 is 2.35 bits per heavy atom. The zero-order chi connectivity index (χ0) is 14.5. The first kappa shape index (κ1) is 14.6. The number of amides is 1. The van der Waals surface area contributed by atoms with Gasteiger partial charge in [-0.05, 0) is 31.2 Å². The highest BCUT2D eigenvalue weighted by Gasteiger charge is 2.21. The molecular formula is C13H17N3O3S. The van der Waals surface area contributed by atoms with Gasteiger partial charge in [-0.25, -0.2) is 0 Å². The largest absolute Gasteiger partial charge is 0.380 e. The van der Waals surface area contributed by atoms with E-state index in [2.05, 4.69) is 10.6 Å². The molecule has 0 aromatic heterocycles. The summed E-state index contributed by atoms with van der Waals surface area (Å²) in [6.45, 7) is 2.45. The zero-order valence-electron chi connectivity index (χ0n) is 11.2. The molecule has 1 fully saturated rings. The van der Waals surface area contributed by atoms with Crippen molar-refractivity contribution in [3.63, 3.8) is 0 Å². The number of nitro benzene ring substituents is 1. The normalized spacial score (nSPS) is 17.8. The molecular weight excluding hydrogens is 278 g/mol. The molecule has 7 heteroatoms. The van der Waals surface area contributed by atoms with Crippen LogP contribution >= 0.6 is 11.8 Å². The van der Waals surface area contributed by atoms with Crippen LogP contribution in [-0.4, -0.2) is 34.9 Å². The van der Waals surface area contributed by atoms with E-state index in [9.17, 15) is 14.9 Å². The van der Waals surface area contributed by atoms with E-state index < -0.39 is 4.92 Å². The maximum Gasteiger partial charge on any atom is 0.293 e. The molecule has 108 valence electrons. The smallest absolute Gasteiger partial charge is 0.293 e. The van der Waals surface area contributed by atoms with Crippen LogP contribution in [0.3, 0.4) is 0 Å². The van der Waals surface area contributed by atoms with Gasteiger partial charge in [-0.1, -0.05) is 0 Å². The van der Waals surface area contributed by atoms with E-state index in [1.165, 1.54) is 6.07 Å². The van der Waals surface area contributed by atoms with E-state index in [0.717, 1.165) is 17.9 Å². The van der Waals surface area contributed by atoms with Crippen molar-refractivity contribution in [3.05, 3.63) is 33.9 Å². The van der Waals surface area contributed by atoms with Crippen LogP contribution in [0.2, 0.25) is 0 Å². The third-order valence-electron chi connectivity index (χ3n) is 3.09. The molecule has 0 bridgehead atoms. The Balaban J connectivity index is 2.16. The number of nitrogens with one attached hydrogen (secondary N) is 2. The predicted molar refractivity (Wildman–Crippen MR) is 80.5 cm³/mol. The van der Waals surface area contributed by atoms with Crippen molar-refractivity contribution in [2.45, 2.75) is 19.4 Å². The van der Waals surface area contributed by atoms with Crippen LogP contribution in [0.1, 0.15) is 23.7 Å². The van der Waals surface area contributed by atoms with E-state index in [1.807, 2.05) is 6.92 Å². The van der Waals surface area contributed by atoms with Gasteiger partial charge in [0.15, 0.2) is 0 Å². The van der Waals surface area contributed by atoms with E-state index in [0.29, 0.717) is 17.8 Å². The molecule has 0 spiro atoms. The van der Waals surface area contributed by atoms with Gasteiger partial charge in [0.25, 0.3) is 11.6 Å². The molecule has 1 aromatic carbocycles. The summed E-state index contributed by atoms with van der Waals surface area (Å²) >= 11 is 1.80. The summed E-state index contributed by atoms with van der Waals surface area (Å²) in [4.78, 5) is 22.7. The Morgan fingerprint density at radius 3 is 2.95 bits per heavy atom. The first-order chi connectivity index (χ1) is 9.61. The van der Waals surface area contributed by atoms with Gasteiger partial charge >= 0.3 is 0 Å². The number of benzene rings is 1. The maximum absolute atomic E-state index is 12.1. The number of nitro groups is 1. The Morgan fingerprint density at radius 1 is 1.55 bits per heavy atom. The Kier molecular flexibility index (Phi) is 4.84. The zero-order valence-corrected chi connectivity index (χ0v) is 12.0. The number of anilines is 1. The monoisotopic (exact) mass is 295 g/mol. The van der Waals surface area contributed by atoms with Crippen LogP contribution in [0, 0.1) is 10.1 Å². The average molecular weight is 295 g/mol. The highest BCUT2D eigenvalue weighted by atomic mass is 32.2. The minimum atomic E-state index is -0.472. The molecule has 20 heavy (non-hydrogen) atoms. The standard InChI is InChI=1S/C13H17N3O3S/c1-2-14-11-4-3-9(7-12(11)16(18)19)13(17)15-10-5-6-20-8-10/h3-4,7,10,14H,2,5-6,8H2,1H3,(H,15,17). The number of carbonyl (C=O) groups excluding carboxylic acids is 1. The molecule has 1 atom stereocenters. The van der Waals surface area contributed by atoms with Crippen molar-refractivity contribution in [2.75, 3.05) is 23.4 Å². The fraction of sp³-hybridized carbons (Fsp3) is 0.462. The highest BCUT2D eigenvalue weighted by molar-refractivity contribution is 7.99. The van der Waals surface area contributed by atoms with Crippen LogP contribution in [-0.2, 0) is 0 Å². The summed E-state index contributed by atoms with van der Waals surface area (Å²) < 4.78 is 0. The van der Waals surface area contributed by atoms with Crippen LogP contribution in [0.15, 0.2) is 18.2 Å². The second kappa shape index (κ2) is 6.60. The fourth-order valence-corrected chi connectivity index (χ4v) is 3.23. The maximum atomic E-state index is 12.1. The van der Waals surface area contributed by atoms with Gasteiger partial charge in [-0.3, -0.25) is 14.9 Å². The van der Waals surface area contributed by atoms with E-state index in [-0.39, 0.29) is 17.6 Å². The third kappa shape index (κ3) is 3.41. The van der Waals surface area contributed by atoms with E-state index >= 15 is 0 Å². The summed E-state index contributed by atoms with van der Waals surface area (Å²) in [6, 6.07) is 4.69. The molecule has 1 aromatic rings. The Labute approximate surface area is 121 Å². The lowest BCUT2D eigenvalue weighted by molar-refractivity contribution is -0.384. The van der Waals surface area contributed by atoms with Crippen molar-refractivity contribution in [1.29, 1.82) is 0 Å². The van der Waals surface area contributed by atoms with Gasteiger partial charge in [-0.15, -0.1) is 0 Å². The number of carbonyl (C=O) groups is 1. The number of thioether (sulfide) groups is 1. The summed E-state index contributed by atoms with van der Waals surface area (Å²) in [7, 11) is 0. The fourth-order valence-electron chi connectivity index (χ4n) is 2.08. The van der Waals surface area contributed by atoms with Crippen molar-refractivity contribution < 1.29 is 9.72 Å². The van der Waals surface area contributed by atoms with Crippen molar-refractivity contribution in [3.8, 4) is 0 Å². The van der Waals surface area contributed by atoms with Gasteiger partial charge in [0, 0.05) is 30.0 Å². The lowest BCUT2D eigenvalue weighted by Crippen LogP contribution is -2.34. The Hall–Kier alpha value is -1.76. The van der Waals surface area contributed by atoms with Crippen LogP contribution in [0.25, 0.3) is 0 Å². The minimum Gasteiger partial charge on any atom is -0.380 e. The molecule has 1 unspecified atom stereocenters. The SMILES string of the molecule is CCNc1ccc(C(=O)NC2CCSC2)cc1[N+](=O)[O-]. The van der Waals surface area contributed by atoms with Gasteiger partial charge in [0.2, 0.25) is 0 Å². The third-order valence-corrected chi connectivity index (χ3v) is 4.25. The van der Waals surface area contributed by atoms with Crippen molar-refractivity contribution >= 4 is 29.0 Å². The van der Waals surface area contributed by atoms with E-state index in [4.69, 9.17) is 0 Å². The number of hydrogen-bond donors (Lipinski definition) is 2. The van der Waals surface area contributed by atoms with Crippen molar-refractivity contribution in [2.24, 2.45) is 0 Å². The molecule has 1 aliphatic rings. The van der Waals surface area contributed by atoms with E-state index in [1.54, 1.807) is 23.9 Å². The first-order valence-corrected chi connectivity index (χ1v) is 7.68. The number of nitrogens with zero attached hydrogens (tertiary/aromatic N) is 1. The van der Waals surface area contributed by atoms with Crippen LogP contribution in [0.4, 0.5) is 11.4 Å². The molecule has 1 amide bonds. The van der Waals surface area contributed by atoms with Crippen molar-refractivity contribution in [1.82, 2.24) is 5.32 Å². The number of rotatable bonds is 5. The number of hydrogen-bond acceptors (Lipinski definition) is 5. The summed E-state index contributed by atoms with van der Waals surface area (Å²) in [6.07, 6.45) is 0.952. The molecule has 2 rings (SSSR count). The highest BCUT2D eigenvalue weighted by Crippen LogP contribution is 2.26. The Bertz CT molecular complexity index is 516. The van der Waals surface area contributed by atoms with Gasteiger partial charge < -0.3 is 10.6 Å². The summed E-state index contributed by atoms with van der Waals surface area (Å²) in [5.74, 6) is 1.71. The first-order valence-electron chi connectivity index (χ1n) is 6.52. The molecule has 6 nitrogen and oxygen atoms in total. The summed E-state index contributed by atoms with van der Waals surface area (Å²) in [5.41, 5.74) is 0.695. The molecule has 2 N–H and O–H groups in total. The second-order valence-corrected chi connectivity index (χ2v) is 5.70. The van der Waals surface area contributed by atoms with Crippen LogP contribution < -0.4 is 10.6 Å². The quantitative estimate of drug-likeness (QED) is 0.643. The molecule has 1 aliphatic heterocycles. The average Bonchev–Trinajstić information content (AvgIpc) is 2.92. The predicted octanol–water partition coefficient (Wildman–Crippen LogP) is 2.26. The molecule has 1 heterocycles. The topological polar surface area (TPSA) is 84.3 Å². The minimum absolute atomic E-state index is 0.0692. The summed E-state index contributed by atoms with van der Waals surface area (Å²) in [5, 5.41) is 16.9. The van der Waals surface area contributed by atoms with Gasteiger partial charge in [-0.2, -0.15) is 11.8 Å². The van der Waals surface area contributed by atoms with Crippen LogP contribution in [0.5, 0.6) is 0 Å².